The van der Waals surface area contributed by atoms with E-state index in [0.717, 1.165) is 0 Å². The van der Waals surface area contributed by atoms with E-state index in [4.69, 9.17) is 5.84 Å². The predicted octanol–water partition coefficient (Wildman–Crippen LogP) is 0.394. The van der Waals surface area contributed by atoms with E-state index in [2.05, 4.69) is 27.2 Å². The van der Waals surface area contributed by atoms with Crippen molar-refractivity contribution < 1.29 is 0 Å². The number of aromatic nitrogens is 2. The van der Waals surface area contributed by atoms with Crippen molar-refractivity contribution in [1.29, 1.82) is 0 Å². The fourth-order valence-electron chi connectivity index (χ4n) is 0.919. The van der Waals surface area contributed by atoms with Crippen molar-refractivity contribution in [3.05, 3.63) is 24.3 Å². The van der Waals surface area contributed by atoms with Gasteiger partial charge in [0.15, 0.2) is 0 Å². The van der Waals surface area contributed by atoms with Gasteiger partial charge < -0.3 is 0 Å². The van der Waals surface area contributed by atoms with Gasteiger partial charge in [0.1, 0.15) is 5.82 Å². The lowest BCUT2D eigenvalue weighted by Crippen LogP contribution is -2.29. The number of nitrogens with zero attached hydrogens (tertiary/aromatic N) is 2. The quantitative estimate of drug-likeness (QED) is 0.397. The lowest BCUT2D eigenvalue weighted by molar-refractivity contribution is 0.537. The van der Waals surface area contributed by atoms with Crippen LogP contribution in [-0.4, -0.2) is 9.97 Å². The Morgan fingerprint density at radius 3 is 2.77 bits per heavy atom. The average Bonchev–Trinajstić information content (AvgIpc) is 2.21. The largest absolute Gasteiger partial charge is 0.271 e. The monoisotopic (exact) mass is 176 g/mol. The summed E-state index contributed by atoms with van der Waals surface area (Å²) in [7, 11) is 0. The Kier molecular flexibility index (Phi) is 3.89. The summed E-state index contributed by atoms with van der Waals surface area (Å²) < 4.78 is 0. The second kappa shape index (κ2) is 5.25. The summed E-state index contributed by atoms with van der Waals surface area (Å²) in [6, 6.07) is 1.68. The van der Waals surface area contributed by atoms with E-state index in [1.165, 1.54) is 0 Å². The van der Waals surface area contributed by atoms with Crippen LogP contribution in [0.3, 0.4) is 0 Å². The van der Waals surface area contributed by atoms with E-state index in [0.29, 0.717) is 12.2 Å². The molecule has 0 saturated carbocycles. The first-order valence-corrected chi connectivity index (χ1v) is 4.01. The third kappa shape index (κ3) is 2.82. The van der Waals surface area contributed by atoms with E-state index in [1.54, 1.807) is 25.4 Å². The van der Waals surface area contributed by atoms with Gasteiger partial charge in [0.25, 0.3) is 0 Å². The van der Waals surface area contributed by atoms with E-state index >= 15 is 0 Å². The highest BCUT2D eigenvalue weighted by molar-refractivity contribution is 5.04. The first-order valence-electron chi connectivity index (χ1n) is 4.01. The molecule has 4 nitrogen and oxygen atoms in total. The summed E-state index contributed by atoms with van der Waals surface area (Å²) in [5, 5.41) is 0. The van der Waals surface area contributed by atoms with Crippen molar-refractivity contribution in [2.24, 2.45) is 5.84 Å². The first-order chi connectivity index (χ1) is 6.38. The normalized spacial score (nSPS) is 11.5. The van der Waals surface area contributed by atoms with Crippen molar-refractivity contribution in [3.8, 4) is 11.8 Å². The molecule has 1 atom stereocenters. The Balaban J connectivity index is 2.70. The van der Waals surface area contributed by atoms with Crippen molar-refractivity contribution in [2.45, 2.75) is 19.4 Å². The molecule has 0 radical (unpaired) electrons. The Morgan fingerprint density at radius 1 is 1.54 bits per heavy atom. The van der Waals surface area contributed by atoms with Gasteiger partial charge in [0.05, 0.1) is 6.04 Å². The molecule has 0 saturated heterocycles. The molecule has 0 aliphatic heterocycles. The molecule has 0 aliphatic carbocycles. The second-order valence-corrected chi connectivity index (χ2v) is 2.46. The highest BCUT2D eigenvalue weighted by atomic mass is 15.2. The van der Waals surface area contributed by atoms with Gasteiger partial charge in [-0.3, -0.25) is 5.84 Å². The molecule has 0 amide bonds. The van der Waals surface area contributed by atoms with Crippen molar-refractivity contribution >= 4 is 0 Å². The minimum atomic E-state index is -0.0892. The summed E-state index contributed by atoms with van der Waals surface area (Å²) in [4.78, 5) is 8.16. The van der Waals surface area contributed by atoms with Crippen LogP contribution in [0.5, 0.6) is 0 Å². The number of hydrogen-bond donors (Lipinski definition) is 2. The zero-order valence-corrected chi connectivity index (χ0v) is 7.49. The fraction of sp³-hybridized carbons (Fsp3) is 0.333. The maximum atomic E-state index is 5.35. The first kappa shape index (κ1) is 9.65. The minimum absolute atomic E-state index is 0.0892. The summed E-state index contributed by atoms with van der Waals surface area (Å²) in [5.74, 6) is 11.7. The molecule has 0 bridgehead atoms. The minimum Gasteiger partial charge on any atom is -0.271 e. The summed E-state index contributed by atoms with van der Waals surface area (Å²) >= 11 is 0. The second-order valence-electron chi connectivity index (χ2n) is 2.46. The molecule has 0 aromatic carbocycles. The highest BCUT2D eigenvalue weighted by Crippen LogP contribution is 2.08. The van der Waals surface area contributed by atoms with Gasteiger partial charge in [-0.2, -0.15) is 0 Å². The standard InChI is InChI=1S/C9H12N4/c1-2-3-5-8(13-10)9-11-6-4-7-12-9/h4,6-8,13H,5,10H2,1H3. The topological polar surface area (TPSA) is 63.8 Å². The molecule has 1 rings (SSSR count). The van der Waals surface area contributed by atoms with E-state index in [-0.39, 0.29) is 6.04 Å². The fourth-order valence-corrected chi connectivity index (χ4v) is 0.919. The van der Waals surface area contributed by atoms with Crippen LogP contribution >= 0.6 is 0 Å². The van der Waals surface area contributed by atoms with Gasteiger partial charge in [-0.05, 0) is 13.0 Å². The number of nitrogens with one attached hydrogen (secondary N) is 1. The van der Waals surface area contributed by atoms with Gasteiger partial charge in [0.2, 0.25) is 0 Å². The summed E-state index contributed by atoms with van der Waals surface area (Å²) in [6.07, 6.45) is 4.00. The zero-order chi connectivity index (χ0) is 9.52. The van der Waals surface area contributed by atoms with E-state index in [1.807, 2.05) is 0 Å². The zero-order valence-electron chi connectivity index (χ0n) is 7.49. The number of rotatable bonds is 3. The summed E-state index contributed by atoms with van der Waals surface area (Å²) in [5.41, 5.74) is 2.63. The smallest absolute Gasteiger partial charge is 0.147 e. The molecule has 0 fully saturated rings. The van der Waals surface area contributed by atoms with E-state index < -0.39 is 0 Å². The SMILES string of the molecule is CC#CCC(NN)c1ncccn1. The molecule has 13 heavy (non-hydrogen) atoms. The van der Waals surface area contributed by atoms with Gasteiger partial charge in [-0.1, -0.05) is 0 Å². The van der Waals surface area contributed by atoms with Gasteiger partial charge in [0, 0.05) is 18.8 Å². The number of hydrogen-bond acceptors (Lipinski definition) is 4. The van der Waals surface area contributed by atoms with Gasteiger partial charge >= 0.3 is 0 Å². The van der Waals surface area contributed by atoms with E-state index in [9.17, 15) is 0 Å². The van der Waals surface area contributed by atoms with Crippen LogP contribution in [0, 0.1) is 11.8 Å². The molecule has 0 spiro atoms. The van der Waals surface area contributed by atoms with Gasteiger partial charge in [-0.25, -0.2) is 15.4 Å². The van der Waals surface area contributed by atoms with Crippen LogP contribution in [0.1, 0.15) is 25.2 Å². The maximum absolute atomic E-state index is 5.35. The van der Waals surface area contributed by atoms with Crippen LogP contribution in [0.2, 0.25) is 0 Å². The Bertz CT molecular complexity index is 298. The number of hydrazine groups is 1. The molecule has 4 heteroatoms. The molecule has 68 valence electrons. The molecular weight excluding hydrogens is 164 g/mol. The van der Waals surface area contributed by atoms with Crippen molar-refractivity contribution in [3.63, 3.8) is 0 Å². The van der Waals surface area contributed by atoms with Crippen molar-refractivity contribution in [1.82, 2.24) is 15.4 Å². The Morgan fingerprint density at radius 2 is 2.23 bits per heavy atom. The van der Waals surface area contributed by atoms with Crippen LogP contribution in [0.4, 0.5) is 0 Å². The molecular formula is C9H12N4. The van der Waals surface area contributed by atoms with Crippen LogP contribution in [0.15, 0.2) is 18.5 Å². The third-order valence-electron chi connectivity index (χ3n) is 1.58. The predicted molar refractivity (Wildman–Crippen MR) is 50.2 cm³/mol. The molecule has 1 unspecified atom stereocenters. The van der Waals surface area contributed by atoms with Crippen molar-refractivity contribution in [2.75, 3.05) is 0 Å². The van der Waals surface area contributed by atoms with Crippen LogP contribution < -0.4 is 11.3 Å². The van der Waals surface area contributed by atoms with Gasteiger partial charge in [-0.15, -0.1) is 11.8 Å². The lowest BCUT2D eigenvalue weighted by atomic mass is 10.2. The highest BCUT2D eigenvalue weighted by Gasteiger charge is 2.09. The third-order valence-corrected chi connectivity index (χ3v) is 1.58. The molecule has 1 aromatic rings. The Hall–Kier alpha value is -1.44. The summed E-state index contributed by atoms with van der Waals surface area (Å²) in [6.45, 7) is 1.79. The number of nitrogens with two attached hydrogens (primary N) is 1. The Labute approximate surface area is 77.6 Å². The molecule has 1 heterocycles. The lowest BCUT2D eigenvalue weighted by Gasteiger charge is -2.09. The van der Waals surface area contributed by atoms with Crippen LogP contribution in [-0.2, 0) is 0 Å². The maximum Gasteiger partial charge on any atom is 0.147 e. The molecule has 1 aromatic heterocycles. The average molecular weight is 176 g/mol. The molecule has 3 N–H and O–H groups in total. The van der Waals surface area contributed by atoms with Crippen LogP contribution in [0.25, 0.3) is 0 Å². The molecule has 0 aliphatic rings.